The molecule has 3 nitrogen and oxygen atoms in total. The number of aliphatic imine (C=N–C) groups is 1. The lowest BCUT2D eigenvalue weighted by Gasteiger charge is -2.41. The molecule has 1 aromatic carbocycles. The molecular weight excluding hydrogens is 270 g/mol. The first-order chi connectivity index (χ1) is 10.7. The molecule has 120 valence electrons. The normalized spacial score (nSPS) is 22.0. The van der Waals surface area contributed by atoms with Gasteiger partial charge in [-0.05, 0) is 37.3 Å². The molecule has 0 aromatic heterocycles. The van der Waals surface area contributed by atoms with E-state index in [1.165, 1.54) is 55.7 Å². The number of hydrogen-bond donors (Lipinski definition) is 2. The Morgan fingerprint density at radius 3 is 2.41 bits per heavy atom. The molecule has 0 atom stereocenters. The van der Waals surface area contributed by atoms with Gasteiger partial charge < -0.3 is 10.6 Å². The van der Waals surface area contributed by atoms with Crippen molar-refractivity contribution in [2.75, 3.05) is 17.2 Å². The molecule has 0 radical (unpaired) electrons. The third kappa shape index (κ3) is 3.29. The molecule has 1 aromatic rings. The van der Waals surface area contributed by atoms with Gasteiger partial charge in [0.2, 0.25) is 0 Å². The average molecular weight is 299 g/mol. The Morgan fingerprint density at radius 1 is 1.05 bits per heavy atom. The topological polar surface area (TPSA) is 36.4 Å². The van der Waals surface area contributed by atoms with Gasteiger partial charge in [0.1, 0.15) is 5.84 Å². The second-order valence-electron chi connectivity index (χ2n) is 7.20. The van der Waals surface area contributed by atoms with Crippen LogP contribution >= 0.6 is 0 Å². The first kappa shape index (κ1) is 15.4. The van der Waals surface area contributed by atoms with Crippen LogP contribution in [0.1, 0.15) is 58.8 Å². The van der Waals surface area contributed by atoms with Crippen LogP contribution in [0.15, 0.2) is 29.3 Å². The zero-order valence-corrected chi connectivity index (χ0v) is 14.0. The van der Waals surface area contributed by atoms with E-state index in [1.807, 2.05) is 0 Å². The van der Waals surface area contributed by atoms with Crippen molar-refractivity contribution >= 4 is 17.2 Å². The molecule has 1 heterocycles. The summed E-state index contributed by atoms with van der Waals surface area (Å²) in [5.74, 6) is 1.88. The predicted molar refractivity (Wildman–Crippen MR) is 95.9 cm³/mol. The van der Waals surface area contributed by atoms with Crippen LogP contribution in [0.5, 0.6) is 0 Å². The zero-order chi connectivity index (χ0) is 15.4. The van der Waals surface area contributed by atoms with Crippen LogP contribution < -0.4 is 10.6 Å². The van der Waals surface area contributed by atoms with Gasteiger partial charge in [-0.25, -0.2) is 0 Å². The van der Waals surface area contributed by atoms with Crippen LogP contribution in [-0.4, -0.2) is 17.9 Å². The van der Waals surface area contributed by atoms with Crippen molar-refractivity contribution in [2.45, 2.75) is 64.3 Å². The second-order valence-corrected chi connectivity index (χ2v) is 7.20. The van der Waals surface area contributed by atoms with E-state index in [-0.39, 0.29) is 5.54 Å². The Kier molecular flexibility index (Phi) is 4.70. The van der Waals surface area contributed by atoms with Crippen LogP contribution in [-0.2, 0) is 0 Å². The van der Waals surface area contributed by atoms with E-state index in [2.05, 4.69) is 48.7 Å². The fourth-order valence-electron chi connectivity index (χ4n) is 3.58. The summed E-state index contributed by atoms with van der Waals surface area (Å²) in [6.07, 6.45) is 8.82. The second kappa shape index (κ2) is 6.72. The van der Waals surface area contributed by atoms with Crippen molar-refractivity contribution in [3.8, 4) is 0 Å². The van der Waals surface area contributed by atoms with Gasteiger partial charge in [0, 0.05) is 6.54 Å². The number of rotatable bonds is 3. The highest BCUT2D eigenvalue weighted by Gasteiger charge is 2.39. The lowest BCUT2D eigenvalue weighted by molar-refractivity contribution is 0.521. The monoisotopic (exact) mass is 299 g/mol. The summed E-state index contributed by atoms with van der Waals surface area (Å²) in [6, 6.07) is 8.52. The summed E-state index contributed by atoms with van der Waals surface area (Å²) >= 11 is 0. The molecule has 3 heteroatoms. The summed E-state index contributed by atoms with van der Waals surface area (Å²) in [5.41, 5.74) is 2.43. The molecule has 2 N–H and O–H groups in total. The smallest absolute Gasteiger partial charge is 0.127 e. The summed E-state index contributed by atoms with van der Waals surface area (Å²) in [7, 11) is 0. The van der Waals surface area contributed by atoms with Gasteiger partial charge in [0.25, 0.3) is 0 Å². The first-order valence-corrected chi connectivity index (χ1v) is 8.89. The third-order valence-electron chi connectivity index (χ3n) is 4.94. The number of benzene rings is 1. The molecule has 1 aliphatic carbocycles. The van der Waals surface area contributed by atoms with Crippen LogP contribution in [0.2, 0.25) is 0 Å². The highest BCUT2D eigenvalue weighted by Crippen LogP contribution is 2.38. The zero-order valence-electron chi connectivity index (χ0n) is 14.0. The average Bonchev–Trinajstić information content (AvgIpc) is 2.74. The number of para-hydroxylation sites is 2. The maximum absolute atomic E-state index is 4.98. The van der Waals surface area contributed by atoms with Crippen molar-refractivity contribution in [1.29, 1.82) is 0 Å². The van der Waals surface area contributed by atoms with E-state index in [0.717, 1.165) is 13.0 Å². The lowest BCUT2D eigenvalue weighted by atomic mass is 9.86. The van der Waals surface area contributed by atoms with E-state index in [4.69, 9.17) is 4.99 Å². The van der Waals surface area contributed by atoms with Crippen LogP contribution in [0, 0.1) is 5.92 Å². The standard InChI is InChI=1S/C19H29N3/c1-15(2)11-14-20-18-19(12-7-3-4-8-13-19)22-17-10-6-5-9-16(17)21-18/h5-6,9-10,15,22H,3-4,7-8,11-14H2,1-2H3,(H,20,21). The van der Waals surface area contributed by atoms with Gasteiger partial charge in [-0.2, -0.15) is 0 Å². The number of amidine groups is 1. The van der Waals surface area contributed by atoms with Gasteiger partial charge in [-0.15, -0.1) is 0 Å². The van der Waals surface area contributed by atoms with Crippen LogP contribution in [0.4, 0.5) is 11.4 Å². The minimum absolute atomic E-state index is 0.0296. The van der Waals surface area contributed by atoms with Gasteiger partial charge in [-0.1, -0.05) is 51.7 Å². The Labute approximate surface area is 134 Å². The molecule has 2 aliphatic rings. The molecule has 3 rings (SSSR count). The Morgan fingerprint density at radius 2 is 1.73 bits per heavy atom. The van der Waals surface area contributed by atoms with E-state index in [1.54, 1.807) is 0 Å². The molecule has 0 saturated heterocycles. The highest BCUT2D eigenvalue weighted by molar-refractivity contribution is 6.09. The SMILES string of the molecule is CC(C)CCN=C1Nc2ccccc2NC12CCCCCC2. The van der Waals surface area contributed by atoms with Crippen LogP contribution in [0.25, 0.3) is 0 Å². The minimum atomic E-state index is 0.0296. The third-order valence-corrected chi connectivity index (χ3v) is 4.94. The maximum Gasteiger partial charge on any atom is 0.127 e. The van der Waals surface area contributed by atoms with Gasteiger partial charge in [-0.3, -0.25) is 4.99 Å². The van der Waals surface area contributed by atoms with E-state index < -0.39 is 0 Å². The number of hydrogen-bond acceptors (Lipinski definition) is 2. The van der Waals surface area contributed by atoms with Gasteiger partial charge in [0.05, 0.1) is 16.9 Å². The number of nitrogens with zero attached hydrogens (tertiary/aromatic N) is 1. The molecule has 1 saturated carbocycles. The van der Waals surface area contributed by atoms with E-state index >= 15 is 0 Å². The molecule has 0 bridgehead atoms. The number of fused-ring (bicyclic) bond motifs is 1. The summed E-state index contributed by atoms with van der Waals surface area (Å²) in [5, 5.41) is 7.49. The molecular formula is C19H29N3. The Bertz CT molecular complexity index is 525. The van der Waals surface area contributed by atoms with Gasteiger partial charge >= 0.3 is 0 Å². The maximum atomic E-state index is 4.98. The number of anilines is 2. The van der Waals surface area contributed by atoms with E-state index in [9.17, 15) is 0 Å². The lowest BCUT2D eigenvalue weighted by Crippen LogP contribution is -2.52. The van der Waals surface area contributed by atoms with Gasteiger partial charge in [0.15, 0.2) is 0 Å². The number of nitrogens with one attached hydrogen (secondary N) is 2. The fourth-order valence-corrected chi connectivity index (χ4v) is 3.58. The van der Waals surface area contributed by atoms with E-state index in [0.29, 0.717) is 5.92 Å². The van der Waals surface area contributed by atoms with Crippen molar-refractivity contribution in [3.63, 3.8) is 0 Å². The summed E-state index contributed by atoms with van der Waals surface area (Å²) < 4.78 is 0. The largest absolute Gasteiger partial charge is 0.371 e. The fraction of sp³-hybridized carbons (Fsp3) is 0.632. The molecule has 0 amide bonds. The van der Waals surface area contributed by atoms with Crippen LogP contribution in [0.3, 0.4) is 0 Å². The van der Waals surface area contributed by atoms with Crippen molar-refractivity contribution < 1.29 is 0 Å². The first-order valence-electron chi connectivity index (χ1n) is 8.89. The Hall–Kier alpha value is -1.51. The molecule has 1 fully saturated rings. The quantitative estimate of drug-likeness (QED) is 0.818. The minimum Gasteiger partial charge on any atom is -0.371 e. The van der Waals surface area contributed by atoms with Crippen molar-refractivity contribution in [1.82, 2.24) is 0 Å². The summed E-state index contributed by atoms with van der Waals surface area (Å²) in [6.45, 7) is 5.46. The molecule has 0 unspecified atom stereocenters. The molecule has 1 aliphatic heterocycles. The highest BCUT2D eigenvalue weighted by atomic mass is 15.2. The summed E-state index contributed by atoms with van der Waals surface area (Å²) in [4.78, 5) is 4.98. The van der Waals surface area contributed by atoms with Crippen molar-refractivity contribution in [3.05, 3.63) is 24.3 Å². The molecule has 1 spiro atoms. The Balaban J connectivity index is 1.89. The van der Waals surface area contributed by atoms with Crippen molar-refractivity contribution in [2.24, 2.45) is 10.9 Å². The predicted octanol–water partition coefficient (Wildman–Crippen LogP) is 5.06. The molecule has 22 heavy (non-hydrogen) atoms.